The predicted octanol–water partition coefficient (Wildman–Crippen LogP) is 1.94. The fourth-order valence-electron chi connectivity index (χ4n) is 1.36. The largest absolute Gasteiger partial charge is 0.367 e. The molecular formula is C12H21N3O2. The molecule has 5 heteroatoms. The Bertz CT molecular complexity index is 311. The van der Waals surface area contributed by atoms with Crippen LogP contribution in [0.3, 0.4) is 0 Å². The van der Waals surface area contributed by atoms with E-state index in [0.717, 1.165) is 5.70 Å². The normalized spacial score (nSPS) is 15.7. The van der Waals surface area contributed by atoms with Gasteiger partial charge in [-0.05, 0) is 12.6 Å². The number of carbonyl (C=O) groups is 2. The lowest BCUT2D eigenvalue weighted by atomic mass is 10.2. The summed E-state index contributed by atoms with van der Waals surface area (Å²) in [4.78, 5) is 24.0. The molecule has 0 spiro atoms. The van der Waals surface area contributed by atoms with E-state index in [0.29, 0.717) is 19.4 Å². The van der Waals surface area contributed by atoms with Crippen molar-refractivity contribution in [2.45, 2.75) is 33.6 Å². The van der Waals surface area contributed by atoms with Gasteiger partial charge in [-0.15, -0.1) is 0 Å². The van der Waals surface area contributed by atoms with Crippen LogP contribution in [0.15, 0.2) is 24.7 Å². The average molecular weight is 239 g/mol. The van der Waals surface area contributed by atoms with Crippen LogP contribution in [0.1, 0.15) is 33.6 Å². The van der Waals surface area contributed by atoms with Gasteiger partial charge in [-0.25, -0.2) is 4.79 Å². The van der Waals surface area contributed by atoms with Crippen LogP contribution in [0.5, 0.6) is 0 Å². The quantitative estimate of drug-likeness (QED) is 0.788. The summed E-state index contributed by atoms with van der Waals surface area (Å²) >= 11 is 0. The van der Waals surface area contributed by atoms with Gasteiger partial charge in [-0.2, -0.15) is 0 Å². The molecule has 5 nitrogen and oxygen atoms in total. The number of imide groups is 1. The van der Waals surface area contributed by atoms with Gasteiger partial charge >= 0.3 is 6.03 Å². The van der Waals surface area contributed by atoms with Gasteiger partial charge in [0, 0.05) is 24.9 Å². The first-order chi connectivity index (χ1) is 8.19. The molecule has 1 heterocycles. The van der Waals surface area contributed by atoms with Crippen molar-refractivity contribution in [3.05, 3.63) is 24.7 Å². The van der Waals surface area contributed by atoms with Crippen molar-refractivity contribution in [3.8, 4) is 0 Å². The van der Waals surface area contributed by atoms with Gasteiger partial charge in [0.05, 0.1) is 0 Å². The summed E-state index contributed by atoms with van der Waals surface area (Å²) in [5, 5.41) is 5.10. The van der Waals surface area contributed by atoms with Crippen LogP contribution in [0.4, 0.5) is 4.79 Å². The maximum atomic E-state index is 11.5. The summed E-state index contributed by atoms with van der Waals surface area (Å²) in [7, 11) is 0. The maximum Gasteiger partial charge on any atom is 0.328 e. The van der Waals surface area contributed by atoms with E-state index in [1.807, 2.05) is 20.8 Å². The van der Waals surface area contributed by atoms with Gasteiger partial charge in [-0.1, -0.05) is 27.4 Å². The number of carbonyl (C=O) groups excluding carboxylic acids is 2. The Labute approximate surface area is 103 Å². The Morgan fingerprint density at radius 1 is 1.53 bits per heavy atom. The number of amides is 3. The van der Waals surface area contributed by atoms with Crippen LogP contribution in [0.2, 0.25) is 0 Å². The molecule has 0 aliphatic carbocycles. The summed E-state index contributed by atoms with van der Waals surface area (Å²) < 4.78 is 0. The van der Waals surface area contributed by atoms with Gasteiger partial charge in [0.15, 0.2) is 0 Å². The van der Waals surface area contributed by atoms with Gasteiger partial charge < -0.3 is 5.32 Å². The highest BCUT2D eigenvalue weighted by atomic mass is 16.2. The molecule has 17 heavy (non-hydrogen) atoms. The molecule has 1 aliphatic heterocycles. The SMILES string of the molecule is C=CN/C=C(\CC)N1CCC(=O)NC1=O.CC. The van der Waals surface area contributed by atoms with Crippen molar-refractivity contribution < 1.29 is 9.59 Å². The molecule has 0 atom stereocenters. The first-order valence-electron chi connectivity index (χ1n) is 5.86. The van der Waals surface area contributed by atoms with E-state index in [1.54, 1.807) is 11.1 Å². The number of hydrogen-bond donors (Lipinski definition) is 2. The highest BCUT2D eigenvalue weighted by Gasteiger charge is 2.24. The summed E-state index contributed by atoms with van der Waals surface area (Å²) in [5.41, 5.74) is 0.833. The molecule has 0 radical (unpaired) electrons. The zero-order chi connectivity index (χ0) is 13.3. The molecule has 1 saturated heterocycles. The Morgan fingerprint density at radius 3 is 2.65 bits per heavy atom. The number of hydrogen-bond acceptors (Lipinski definition) is 3. The van der Waals surface area contributed by atoms with Gasteiger partial charge in [0.25, 0.3) is 0 Å². The minimum atomic E-state index is -0.356. The molecule has 1 rings (SSSR count). The second-order valence-corrected chi connectivity index (χ2v) is 3.11. The number of rotatable bonds is 4. The van der Waals surface area contributed by atoms with Gasteiger partial charge in [0.1, 0.15) is 0 Å². The third kappa shape index (κ3) is 4.72. The van der Waals surface area contributed by atoms with Crippen molar-refractivity contribution in [1.29, 1.82) is 0 Å². The molecule has 1 fully saturated rings. The lowest BCUT2D eigenvalue weighted by molar-refractivity contribution is -0.121. The topological polar surface area (TPSA) is 61.4 Å². The molecule has 0 aromatic heterocycles. The fourth-order valence-corrected chi connectivity index (χ4v) is 1.36. The number of nitrogens with one attached hydrogen (secondary N) is 2. The highest BCUT2D eigenvalue weighted by molar-refractivity contribution is 5.97. The molecule has 0 aromatic rings. The molecular weight excluding hydrogens is 218 g/mol. The van der Waals surface area contributed by atoms with Crippen LogP contribution >= 0.6 is 0 Å². The summed E-state index contributed by atoms with van der Waals surface area (Å²) in [6.45, 7) is 9.89. The van der Waals surface area contributed by atoms with E-state index >= 15 is 0 Å². The Morgan fingerprint density at radius 2 is 2.18 bits per heavy atom. The molecule has 96 valence electrons. The Hall–Kier alpha value is -1.78. The molecule has 0 saturated carbocycles. The first kappa shape index (κ1) is 15.2. The van der Waals surface area contributed by atoms with E-state index in [9.17, 15) is 9.59 Å². The molecule has 0 unspecified atom stereocenters. The Kier molecular flexibility index (Phi) is 7.50. The van der Waals surface area contributed by atoms with E-state index in [4.69, 9.17) is 0 Å². The van der Waals surface area contributed by atoms with E-state index in [-0.39, 0.29) is 11.9 Å². The van der Waals surface area contributed by atoms with Crippen LogP contribution in [-0.2, 0) is 4.79 Å². The summed E-state index contributed by atoms with van der Waals surface area (Å²) in [5.74, 6) is -0.219. The molecule has 0 bridgehead atoms. The number of allylic oxidation sites excluding steroid dienone is 1. The molecule has 3 amide bonds. The third-order valence-corrected chi connectivity index (χ3v) is 2.13. The standard InChI is InChI=1S/C10H15N3O2.C2H6/c1-3-8(7-11-4-2)13-6-5-9(14)12-10(13)15;1-2/h4,7,11H,2-3,5-6H2,1H3,(H,12,14,15);1-2H3/b8-7+;. The van der Waals surface area contributed by atoms with Gasteiger partial charge in [-0.3, -0.25) is 15.0 Å². The second kappa shape index (κ2) is 8.38. The monoisotopic (exact) mass is 239 g/mol. The van der Waals surface area contributed by atoms with Crippen LogP contribution < -0.4 is 10.6 Å². The molecule has 1 aliphatic rings. The Balaban J connectivity index is 0.00000121. The summed E-state index contributed by atoms with van der Waals surface area (Å²) in [6.07, 6.45) is 4.30. The lowest BCUT2D eigenvalue weighted by Crippen LogP contribution is -2.48. The van der Waals surface area contributed by atoms with Crippen LogP contribution in [0, 0.1) is 0 Å². The second-order valence-electron chi connectivity index (χ2n) is 3.11. The zero-order valence-electron chi connectivity index (χ0n) is 10.7. The van der Waals surface area contributed by atoms with Crippen LogP contribution in [0.25, 0.3) is 0 Å². The predicted molar refractivity (Wildman–Crippen MR) is 67.9 cm³/mol. The van der Waals surface area contributed by atoms with Crippen LogP contribution in [-0.4, -0.2) is 23.4 Å². The van der Waals surface area contributed by atoms with E-state index in [1.165, 1.54) is 6.20 Å². The molecule has 0 aromatic carbocycles. The van der Waals surface area contributed by atoms with Crippen molar-refractivity contribution in [2.24, 2.45) is 0 Å². The van der Waals surface area contributed by atoms with E-state index in [2.05, 4.69) is 17.2 Å². The van der Waals surface area contributed by atoms with Crippen molar-refractivity contribution in [3.63, 3.8) is 0 Å². The maximum absolute atomic E-state index is 11.5. The minimum Gasteiger partial charge on any atom is -0.367 e. The lowest BCUT2D eigenvalue weighted by Gasteiger charge is -2.28. The van der Waals surface area contributed by atoms with Crippen molar-refractivity contribution in [1.82, 2.24) is 15.5 Å². The number of urea groups is 1. The smallest absolute Gasteiger partial charge is 0.328 e. The molecule has 2 N–H and O–H groups in total. The van der Waals surface area contributed by atoms with E-state index < -0.39 is 0 Å². The fraction of sp³-hybridized carbons (Fsp3) is 0.500. The summed E-state index contributed by atoms with van der Waals surface area (Å²) in [6, 6.07) is -0.356. The minimum absolute atomic E-state index is 0.219. The third-order valence-electron chi connectivity index (χ3n) is 2.13. The zero-order valence-corrected chi connectivity index (χ0v) is 10.7. The van der Waals surface area contributed by atoms with Crippen molar-refractivity contribution in [2.75, 3.05) is 6.54 Å². The average Bonchev–Trinajstić information content (AvgIpc) is 2.34. The number of nitrogens with zero attached hydrogens (tertiary/aromatic N) is 1. The first-order valence-corrected chi connectivity index (χ1v) is 5.86. The van der Waals surface area contributed by atoms with Crippen molar-refractivity contribution >= 4 is 11.9 Å². The highest BCUT2D eigenvalue weighted by Crippen LogP contribution is 2.12. The van der Waals surface area contributed by atoms with Gasteiger partial charge in [0.2, 0.25) is 5.91 Å².